The minimum Gasteiger partial charge on any atom is -0.478 e. The molecule has 7 nitrogen and oxygen atoms in total. The van der Waals surface area contributed by atoms with Crippen molar-refractivity contribution in [3.05, 3.63) is 35.4 Å². The van der Waals surface area contributed by atoms with Gasteiger partial charge in [-0.25, -0.2) is 9.59 Å². The predicted octanol–water partition coefficient (Wildman–Crippen LogP) is -0.0700. The lowest BCUT2D eigenvalue weighted by atomic mass is 10.1. The van der Waals surface area contributed by atoms with E-state index in [0.717, 1.165) is 0 Å². The zero-order chi connectivity index (χ0) is 14.3. The van der Waals surface area contributed by atoms with Crippen molar-refractivity contribution in [1.29, 1.82) is 0 Å². The summed E-state index contributed by atoms with van der Waals surface area (Å²) < 4.78 is 0. The maximum absolute atomic E-state index is 11.3. The SMILES string of the molecule is CNC(=O)CNC(=O)NCc1cccc(C(=O)O)c1. The molecule has 0 aromatic heterocycles. The van der Waals surface area contributed by atoms with Crippen LogP contribution in [0.3, 0.4) is 0 Å². The average molecular weight is 265 g/mol. The lowest BCUT2D eigenvalue weighted by Gasteiger charge is -2.07. The number of nitrogens with one attached hydrogen (secondary N) is 3. The molecule has 0 atom stereocenters. The predicted molar refractivity (Wildman–Crippen MR) is 67.7 cm³/mol. The van der Waals surface area contributed by atoms with Gasteiger partial charge in [0.25, 0.3) is 0 Å². The summed E-state index contributed by atoms with van der Waals surface area (Å²) in [5, 5.41) is 16.1. The third-order valence-electron chi connectivity index (χ3n) is 2.32. The molecule has 7 heteroatoms. The fourth-order valence-electron chi connectivity index (χ4n) is 1.31. The molecule has 0 aliphatic heterocycles. The molecule has 102 valence electrons. The van der Waals surface area contributed by atoms with Crippen molar-refractivity contribution in [2.24, 2.45) is 0 Å². The van der Waals surface area contributed by atoms with Crippen LogP contribution >= 0.6 is 0 Å². The highest BCUT2D eigenvalue weighted by atomic mass is 16.4. The molecule has 0 saturated heterocycles. The van der Waals surface area contributed by atoms with Crippen LogP contribution in [0.2, 0.25) is 0 Å². The molecular formula is C12H15N3O4. The van der Waals surface area contributed by atoms with Gasteiger partial charge in [-0.05, 0) is 17.7 Å². The standard InChI is InChI=1S/C12H15N3O4/c1-13-10(16)7-15-12(19)14-6-8-3-2-4-9(5-8)11(17)18/h2-5H,6-7H2,1H3,(H,13,16)(H,17,18)(H2,14,15,19). The number of carboxylic acid groups (broad SMARTS) is 1. The lowest BCUT2D eigenvalue weighted by Crippen LogP contribution is -2.40. The van der Waals surface area contributed by atoms with Crippen LogP contribution in [0, 0.1) is 0 Å². The van der Waals surface area contributed by atoms with E-state index >= 15 is 0 Å². The van der Waals surface area contributed by atoms with Gasteiger partial charge >= 0.3 is 12.0 Å². The number of hydrogen-bond acceptors (Lipinski definition) is 3. The van der Waals surface area contributed by atoms with Gasteiger partial charge in [0, 0.05) is 13.6 Å². The van der Waals surface area contributed by atoms with Crippen LogP contribution in [-0.2, 0) is 11.3 Å². The van der Waals surface area contributed by atoms with E-state index in [1.165, 1.54) is 19.2 Å². The second kappa shape index (κ2) is 7.00. The molecule has 0 unspecified atom stereocenters. The van der Waals surface area contributed by atoms with Gasteiger partial charge < -0.3 is 21.1 Å². The third-order valence-corrected chi connectivity index (χ3v) is 2.32. The van der Waals surface area contributed by atoms with Gasteiger partial charge in [0.2, 0.25) is 5.91 Å². The van der Waals surface area contributed by atoms with E-state index in [2.05, 4.69) is 16.0 Å². The number of benzene rings is 1. The fraction of sp³-hybridized carbons (Fsp3) is 0.250. The molecule has 1 rings (SSSR count). The Morgan fingerprint density at radius 1 is 1.21 bits per heavy atom. The Kier molecular flexibility index (Phi) is 5.34. The molecule has 1 aromatic rings. The molecule has 0 heterocycles. The van der Waals surface area contributed by atoms with Crippen LogP contribution in [-0.4, -0.2) is 36.6 Å². The first-order valence-corrected chi connectivity index (χ1v) is 5.57. The van der Waals surface area contributed by atoms with Crippen LogP contribution in [0.1, 0.15) is 15.9 Å². The van der Waals surface area contributed by atoms with E-state index in [0.29, 0.717) is 5.56 Å². The van der Waals surface area contributed by atoms with E-state index in [4.69, 9.17) is 5.11 Å². The van der Waals surface area contributed by atoms with Crippen molar-refractivity contribution in [2.45, 2.75) is 6.54 Å². The first-order valence-electron chi connectivity index (χ1n) is 5.57. The van der Waals surface area contributed by atoms with Crippen molar-refractivity contribution in [1.82, 2.24) is 16.0 Å². The van der Waals surface area contributed by atoms with Gasteiger partial charge in [-0.2, -0.15) is 0 Å². The van der Waals surface area contributed by atoms with E-state index < -0.39 is 12.0 Å². The minimum atomic E-state index is -1.02. The second-order valence-electron chi connectivity index (χ2n) is 3.71. The van der Waals surface area contributed by atoms with E-state index in [9.17, 15) is 14.4 Å². The lowest BCUT2D eigenvalue weighted by molar-refractivity contribution is -0.119. The summed E-state index contributed by atoms with van der Waals surface area (Å²) >= 11 is 0. The summed E-state index contributed by atoms with van der Waals surface area (Å²) in [6, 6.07) is 5.75. The van der Waals surface area contributed by atoms with Crippen molar-refractivity contribution in [3.63, 3.8) is 0 Å². The Morgan fingerprint density at radius 2 is 1.95 bits per heavy atom. The zero-order valence-electron chi connectivity index (χ0n) is 10.4. The maximum Gasteiger partial charge on any atom is 0.335 e. The van der Waals surface area contributed by atoms with Crippen LogP contribution in [0.5, 0.6) is 0 Å². The monoisotopic (exact) mass is 265 g/mol. The number of aromatic carboxylic acids is 1. The molecule has 0 radical (unpaired) electrons. The summed E-state index contributed by atoms with van der Waals surface area (Å²) in [5.41, 5.74) is 0.820. The highest BCUT2D eigenvalue weighted by Gasteiger charge is 2.05. The number of carboxylic acids is 1. The largest absolute Gasteiger partial charge is 0.478 e. The number of amides is 3. The van der Waals surface area contributed by atoms with E-state index in [-0.39, 0.29) is 24.6 Å². The van der Waals surface area contributed by atoms with Crippen LogP contribution in [0.15, 0.2) is 24.3 Å². The first kappa shape index (κ1) is 14.5. The Morgan fingerprint density at radius 3 is 2.58 bits per heavy atom. The van der Waals surface area contributed by atoms with Crippen LogP contribution in [0.25, 0.3) is 0 Å². The summed E-state index contributed by atoms with van der Waals surface area (Å²) in [5.74, 6) is -1.33. The zero-order valence-corrected chi connectivity index (χ0v) is 10.4. The van der Waals surface area contributed by atoms with Crippen molar-refractivity contribution in [3.8, 4) is 0 Å². The van der Waals surface area contributed by atoms with Crippen molar-refractivity contribution in [2.75, 3.05) is 13.6 Å². The van der Waals surface area contributed by atoms with Crippen LogP contribution < -0.4 is 16.0 Å². The van der Waals surface area contributed by atoms with Gasteiger partial charge in [-0.3, -0.25) is 4.79 Å². The molecule has 0 saturated carbocycles. The summed E-state index contributed by atoms with van der Waals surface area (Å²) in [6.45, 7) is 0.0677. The number of carbonyl (C=O) groups is 3. The van der Waals surface area contributed by atoms with Crippen molar-refractivity contribution >= 4 is 17.9 Å². The van der Waals surface area contributed by atoms with Gasteiger partial charge in [0.05, 0.1) is 12.1 Å². The number of urea groups is 1. The topological polar surface area (TPSA) is 108 Å². The molecule has 3 amide bonds. The average Bonchev–Trinajstić information content (AvgIpc) is 2.42. The molecule has 0 aliphatic carbocycles. The van der Waals surface area contributed by atoms with Crippen LogP contribution in [0.4, 0.5) is 4.79 Å². The van der Waals surface area contributed by atoms with Gasteiger partial charge in [0.1, 0.15) is 0 Å². The van der Waals surface area contributed by atoms with E-state index in [1.54, 1.807) is 12.1 Å². The molecule has 0 fully saturated rings. The molecule has 0 spiro atoms. The van der Waals surface area contributed by atoms with Gasteiger partial charge in [-0.1, -0.05) is 12.1 Å². The molecular weight excluding hydrogens is 250 g/mol. The number of hydrogen-bond donors (Lipinski definition) is 4. The minimum absolute atomic E-state index is 0.114. The van der Waals surface area contributed by atoms with Gasteiger partial charge in [0.15, 0.2) is 0 Å². The molecule has 19 heavy (non-hydrogen) atoms. The highest BCUT2D eigenvalue weighted by molar-refractivity contribution is 5.87. The fourth-order valence-corrected chi connectivity index (χ4v) is 1.31. The number of likely N-dealkylation sites (N-methyl/N-ethyl adjacent to an activating group) is 1. The summed E-state index contributed by atoms with van der Waals surface area (Å²) in [6.07, 6.45) is 0. The third kappa shape index (κ3) is 5.07. The quantitative estimate of drug-likeness (QED) is 0.597. The Hall–Kier alpha value is -2.57. The molecule has 0 bridgehead atoms. The normalized spacial score (nSPS) is 9.53. The van der Waals surface area contributed by atoms with E-state index in [1.807, 2.05) is 0 Å². The molecule has 1 aromatic carbocycles. The summed E-state index contributed by atoms with van der Waals surface area (Å²) in [4.78, 5) is 33.0. The smallest absolute Gasteiger partial charge is 0.335 e. The maximum atomic E-state index is 11.3. The second-order valence-corrected chi connectivity index (χ2v) is 3.71. The van der Waals surface area contributed by atoms with Crippen molar-refractivity contribution < 1.29 is 19.5 Å². The molecule has 0 aliphatic rings. The number of carbonyl (C=O) groups excluding carboxylic acids is 2. The Bertz CT molecular complexity index is 488. The molecule has 4 N–H and O–H groups in total. The highest BCUT2D eigenvalue weighted by Crippen LogP contribution is 2.04. The summed E-state index contributed by atoms with van der Waals surface area (Å²) in [7, 11) is 1.47. The Labute approximate surface area is 110 Å². The first-order chi connectivity index (χ1) is 9.02. The van der Waals surface area contributed by atoms with Gasteiger partial charge in [-0.15, -0.1) is 0 Å². The Balaban J connectivity index is 2.44. The number of rotatable bonds is 5.